The number of carboxylic acids is 1. The summed E-state index contributed by atoms with van der Waals surface area (Å²) in [6, 6.07) is 8.06. The fourth-order valence-electron chi connectivity index (χ4n) is 0.574. The van der Waals surface area contributed by atoms with E-state index in [1.54, 1.807) is 18.2 Å². The Balaban J connectivity index is -0.000000213. The minimum absolute atomic E-state index is 0. The van der Waals surface area contributed by atoms with E-state index in [9.17, 15) is 9.90 Å². The van der Waals surface area contributed by atoms with Gasteiger partial charge in [0.2, 0.25) is 0 Å². The van der Waals surface area contributed by atoms with Crippen molar-refractivity contribution in [2.45, 2.75) is 0 Å². The summed E-state index contributed by atoms with van der Waals surface area (Å²) in [5.41, 5.74) is 0.220. The van der Waals surface area contributed by atoms with Gasteiger partial charge in [0.25, 0.3) is 0 Å². The molecule has 0 spiro atoms. The summed E-state index contributed by atoms with van der Waals surface area (Å²) >= 11 is 0. The van der Waals surface area contributed by atoms with Crippen LogP contribution in [0.2, 0.25) is 0 Å². The Hall–Kier alpha value is -0.110. The maximum atomic E-state index is 10.1. The fourth-order valence-corrected chi connectivity index (χ4v) is 0.574. The summed E-state index contributed by atoms with van der Waals surface area (Å²) in [6.07, 6.45) is 0. The van der Waals surface area contributed by atoms with Crippen LogP contribution in [0.4, 0.5) is 0 Å². The maximum Gasteiger partial charge on any atom is 1.00 e. The summed E-state index contributed by atoms with van der Waals surface area (Å²) in [4.78, 5) is 18.3. The Morgan fingerprint density at radius 2 is 1.40 bits per heavy atom. The van der Waals surface area contributed by atoms with E-state index in [1.807, 2.05) is 0 Å². The second-order valence-corrected chi connectivity index (χ2v) is 1.88. The van der Waals surface area contributed by atoms with Crippen molar-refractivity contribution in [3.8, 4) is 0 Å². The first-order valence-corrected chi connectivity index (χ1v) is 3.12. The molecule has 0 bridgehead atoms. The van der Waals surface area contributed by atoms with E-state index in [1.165, 1.54) is 12.1 Å². The second-order valence-electron chi connectivity index (χ2n) is 1.88. The Morgan fingerprint density at radius 1 is 1.07 bits per heavy atom. The van der Waals surface area contributed by atoms with E-state index in [0.717, 1.165) is 0 Å². The molecule has 0 aliphatic heterocycles. The molecule has 0 N–H and O–H groups in total. The van der Waals surface area contributed by atoms with Gasteiger partial charge in [-0.3, -0.25) is 0 Å². The summed E-state index contributed by atoms with van der Waals surface area (Å²) in [5.74, 6) is -1.13. The average Bonchev–Trinajstić information content (AvgIpc) is 2.05. The van der Waals surface area contributed by atoms with Gasteiger partial charge in [0, 0.05) is 0 Å². The number of hydrogen-bond acceptors (Lipinski definition) is 5. The third-order valence-corrected chi connectivity index (χ3v) is 1.01. The number of carbonyl (C=O) groups is 1. The largest absolute Gasteiger partial charge is 1.00 e. The number of benzene rings is 1. The first kappa shape index (κ1) is 20.3. The summed E-state index contributed by atoms with van der Waals surface area (Å²) < 4.78 is 0. The molecule has 1 aromatic carbocycles. The third-order valence-electron chi connectivity index (χ3n) is 1.01. The van der Waals surface area contributed by atoms with E-state index in [4.69, 9.17) is 15.3 Å². The first-order valence-electron chi connectivity index (χ1n) is 3.12. The molecule has 0 aliphatic carbocycles. The number of carboxylic acid groups (broad SMARTS) is 1. The van der Waals surface area contributed by atoms with Crippen molar-refractivity contribution in [3.05, 3.63) is 51.2 Å². The van der Waals surface area contributed by atoms with Crippen LogP contribution in [0.5, 0.6) is 0 Å². The van der Waals surface area contributed by atoms with Crippen LogP contribution in [0.3, 0.4) is 0 Å². The molecule has 0 saturated carbocycles. The van der Waals surface area contributed by atoms with E-state index in [2.05, 4.69) is 0 Å². The maximum absolute atomic E-state index is 10.1. The Bertz CT molecular complexity index is 289. The second kappa shape index (κ2) is 12.0. The summed E-state index contributed by atoms with van der Waals surface area (Å²) in [7, 11) is 0. The number of rotatable bonds is 1. The van der Waals surface area contributed by atoms with Gasteiger partial charge >= 0.3 is 59.1 Å². The number of carbonyl (C=O) groups excluding carboxylic acids is 1. The predicted octanol–water partition coefficient (Wildman–Crippen LogP) is -6.18. The molecule has 0 fully saturated rings. The monoisotopic (exact) mass is 229 g/mol. The molecule has 0 amide bonds. The van der Waals surface area contributed by atoms with Crippen LogP contribution in [0.1, 0.15) is 10.4 Å². The molecule has 1 rings (SSSR count). The van der Waals surface area contributed by atoms with Crippen LogP contribution in [-0.2, 0) is 0 Å². The first-order chi connectivity index (χ1) is 6.04. The van der Waals surface area contributed by atoms with Crippen molar-refractivity contribution in [2.75, 3.05) is 0 Å². The minimum Gasteiger partial charge on any atom is -0.545 e. The molecule has 6 nitrogen and oxygen atoms in total. The Kier molecular flexibility index (Phi) is 16.2. The molecule has 15 heavy (non-hydrogen) atoms. The van der Waals surface area contributed by atoms with Crippen LogP contribution >= 0.6 is 0 Å². The van der Waals surface area contributed by atoms with Gasteiger partial charge in [-0.15, -0.1) is 0 Å². The van der Waals surface area contributed by atoms with E-state index < -0.39 is 11.1 Å². The normalized spacial score (nSPS) is 6.93. The summed E-state index contributed by atoms with van der Waals surface area (Å²) in [5, 5.41) is 24.8. The zero-order valence-electron chi connectivity index (χ0n) is 8.38. The quantitative estimate of drug-likeness (QED) is 0.270. The summed E-state index contributed by atoms with van der Waals surface area (Å²) in [6.45, 7) is 0. The molecule has 0 aromatic heterocycles. The van der Waals surface area contributed by atoms with Gasteiger partial charge < -0.3 is 25.2 Å². The van der Waals surface area contributed by atoms with Crippen molar-refractivity contribution in [1.82, 2.24) is 0 Å². The standard InChI is InChI=1S/C7H6O2.NO3.2Na/c8-7(9)6-4-2-1-3-5-6;2-1(3)4;;/h1-5H,(H,8,9);;;/q;-1;2*+1/p-1. The molecule has 0 heterocycles. The molecule has 0 atom stereocenters. The van der Waals surface area contributed by atoms with Gasteiger partial charge in [-0.2, -0.15) is 0 Å². The van der Waals surface area contributed by atoms with E-state index >= 15 is 0 Å². The topological polar surface area (TPSA) is 106 Å². The molecule has 0 radical (unpaired) electrons. The van der Waals surface area contributed by atoms with E-state index in [-0.39, 0.29) is 64.7 Å². The van der Waals surface area contributed by atoms with Crippen LogP contribution in [-0.4, -0.2) is 11.1 Å². The van der Waals surface area contributed by atoms with Crippen molar-refractivity contribution in [1.29, 1.82) is 0 Å². The van der Waals surface area contributed by atoms with Crippen LogP contribution in [0.15, 0.2) is 30.3 Å². The van der Waals surface area contributed by atoms with Crippen molar-refractivity contribution < 1.29 is 74.1 Å². The third kappa shape index (κ3) is 13.9. The molecule has 70 valence electrons. The predicted molar refractivity (Wildman–Crippen MR) is 41.1 cm³/mol. The van der Waals surface area contributed by atoms with Gasteiger partial charge in [-0.1, -0.05) is 30.3 Å². The van der Waals surface area contributed by atoms with Gasteiger partial charge in [-0.05, 0) is 5.56 Å². The van der Waals surface area contributed by atoms with Gasteiger partial charge in [-0.25, -0.2) is 0 Å². The molecular weight excluding hydrogens is 224 g/mol. The molecule has 0 unspecified atom stereocenters. The average molecular weight is 229 g/mol. The van der Waals surface area contributed by atoms with Crippen LogP contribution in [0.25, 0.3) is 0 Å². The molecule has 0 saturated heterocycles. The molecule has 8 heteroatoms. The van der Waals surface area contributed by atoms with Crippen molar-refractivity contribution in [3.63, 3.8) is 0 Å². The SMILES string of the molecule is O=C([O-])c1ccccc1.O=[N+]([O-])[O-].[Na+].[Na+]. The molecular formula is C7H5NNa2O5. The van der Waals surface area contributed by atoms with Crippen LogP contribution in [0, 0.1) is 15.3 Å². The number of hydrogen-bond donors (Lipinski definition) is 0. The van der Waals surface area contributed by atoms with Crippen LogP contribution < -0.4 is 64.2 Å². The zero-order valence-corrected chi connectivity index (χ0v) is 12.4. The van der Waals surface area contributed by atoms with Gasteiger partial charge in [0.15, 0.2) is 0 Å². The smallest absolute Gasteiger partial charge is 0.545 e. The Labute approximate surface area is 130 Å². The molecule has 0 aliphatic rings. The van der Waals surface area contributed by atoms with Gasteiger partial charge in [0.05, 0.1) is 11.1 Å². The zero-order chi connectivity index (χ0) is 10.3. The van der Waals surface area contributed by atoms with Crippen molar-refractivity contribution in [2.24, 2.45) is 0 Å². The number of nitrogens with zero attached hydrogens (tertiary/aromatic N) is 1. The van der Waals surface area contributed by atoms with E-state index in [0.29, 0.717) is 0 Å². The Morgan fingerprint density at radius 3 is 1.60 bits per heavy atom. The molecule has 1 aromatic rings. The number of aromatic carboxylic acids is 1. The van der Waals surface area contributed by atoms with Crippen molar-refractivity contribution >= 4 is 5.97 Å². The van der Waals surface area contributed by atoms with Gasteiger partial charge in [0.1, 0.15) is 0 Å². The minimum atomic E-state index is -1.75. The fraction of sp³-hybridized carbons (Fsp3) is 0.